The minimum absolute atomic E-state index is 0.142. The van der Waals surface area contributed by atoms with Crippen LogP contribution in [0.3, 0.4) is 0 Å². The summed E-state index contributed by atoms with van der Waals surface area (Å²) in [6, 6.07) is 3.05. The van der Waals surface area contributed by atoms with E-state index in [1.54, 1.807) is 0 Å². The van der Waals surface area contributed by atoms with Crippen molar-refractivity contribution < 1.29 is 4.79 Å². The Kier molecular flexibility index (Phi) is 3.84. The highest BCUT2D eigenvalue weighted by Gasteiger charge is 2.20. The van der Waals surface area contributed by atoms with Crippen molar-refractivity contribution in [1.82, 2.24) is 10.3 Å². The average Bonchev–Trinajstić information content (AvgIpc) is 3.06. The number of carbonyl (C=O) groups is 1. The third kappa shape index (κ3) is 3.89. The molecule has 0 radical (unpaired) electrons. The van der Waals surface area contributed by atoms with E-state index in [1.807, 2.05) is 0 Å². The number of nitrogen functional groups attached to an aromatic ring is 1. The van der Waals surface area contributed by atoms with E-state index in [2.05, 4.69) is 10.3 Å². The molecule has 0 aliphatic heterocycles. The Hall–Kier alpha value is -1.29. The second-order valence-corrected chi connectivity index (χ2v) is 4.83. The molecule has 1 heterocycles. The Morgan fingerprint density at radius 1 is 1.53 bits per heavy atom. The molecule has 0 unspecified atom stereocenters. The van der Waals surface area contributed by atoms with Crippen LogP contribution in [0.15, 0.2) is 12.1 Å². The van der Waals surface area contributed by atoms with Gasteiger partial charge in [-0.1, -0.05) is 24.4 Å². The van der Waals surface area contributed by atoms with E-state index in [9.17, 15) is 4.79 Å². The van der Waals surface area contributed by atoms with Gasteiger partial charge in [-0.2, -0.15) is 0 Å². The molecule has 1 aliphatic rings. The number of aromatic nitrogens is 1. The summed E-state index contributed by atoms with van der Waals surface area (Å²) in [4.78, 5) is 15.6. The first-order valence-corrected chi connectivity index (χ1v) is 6.24. The van der Waals surface area contributed by atoms with Crippen molar-refractivity contribution in [2.24, 2.45) is 5.92 Å². The molecule has 1 amide bonds. The van der Waals surface area contributed by atoms with E-state index in [0.29, 0.717) is 12.1 Å². The van der Waals surface area contributed by atoms with Gasteiger partial charge in [0.2, 0.25) is 0 Å². The Balaban J connectivity index is 1.80. The van der Waals surface area contributed by atoms with Crippen LogP contribution < -0.4 is 11.1 Å². The average molecular weight is 254 g/mol. The molecule has 1 fully saturated rings. The predicted molar refractivity (Wildman–Crippen MR) is 68.0 cm³/mol. The summed E-state index contributed by atoms with van der Waals surface area (Å²) in [5.41, 5.74) is 5.99. The maximum absolute atomic E-state index is 11.8. The zero-order valence-electron chi connectivity index (χ0n) is 9.58. The second kappa shape index (κ2) is 5.36. The third-order valence-electron chi connectivity index (χ3n) is 2.85. The summed E-state index contributed by atoms with van der Waals surface area (Å²) in [7, 11) is 0. The topological polar surface area (TPSA) is 68.0 Å². The predicted octanol–water partition coefficient (Wildman–Crippen LogP) is 2.24. The van der Waals surface area contributed by atoms with Crippen molar-refractivity contribution in [1.29, 1.82) is 0 Å². The smallest absolute Gasteiger partial charge is 0.251 e. The lowest BCUT2D eigenvalue weighted by atomic mass is 10.2. The van der Waals surface area contributed by atoms with Gasteiger partial charge in [0.05, 0.1) is 0 Å². The minimum Gasteiger partial charge on any atom is -0.384 e. The Morgan fingerprint density at radius 3 is 2.94 bits per heavy atom. The largest absolute Gasteiger partial charge is 0.384 e. The summed E-state index contributed by atoms with van der Waals surface area (Å²) < 4.78 is 0. The highest BCUT2D eigenvalue weighted by molar-refractivity contribution is 6.29. The van der Waals surface area contributed by atoms with Crippen LogP contribution in [0.1, 0.15) is 36.0 Å². The van der Waals surface area contributed by atoms with Crippen LogP contribution >= 0.6 is 11.6 Å². The number of nitrogens with zero attached hydrogens (tertiary/aromatic N) is 1. The Morgan fingerprint density at radius 2 is 2.29 bits per heavy atom. The van der Waals surface area contributed by atoms with Crippen LogP contribution in [-0.4, -0.2) is 17.4 Å². The second-order valence-electron chi connectivity index (χ2n) is 4.44. The molecule has 2 rings (SSSR count). The molecule has 0 aromatic carbocycles. The highest BCUT2D eigenvalue weighted by atomic mass is 35.5. The number of rotatable bonds is 5. The zero-order chi connectivity index (χ0) is 12.3. The fourth-order valence-corrected chi connectivity index (χ4v) is 1.96. The van der Waals surface area contributed by atoms with E-state index in [0.717, 1.165) is 12.3 Å². The summed E-state index contributed by atoms with van der Waals surface area (Å²) in [5, 5.41) is 3.10. The van der Waals surface area contributed by atoms with Crippen LogP contribution in [-0.2, 0) is 0 Å². The van der Waals surface area contributed by atoms with Gasteiger partial charge in [0.25, 0.3) is 5.91 Å². The van der Waals surface area contributed by atoms with E-state index >= 15 is 0 Å². The van der Waals surface area contributed by atoms with Crippen molar-refractivity contribution >= 4 is 23.3 Å². The first-order chi connectivity index (χ1) is 8.15. The number of hydrogen-bond donors (Lipinski definition) is 2. The van der Waals surface area contributed by atoms with Crippen molar-refractivity contribution in [2.45, 2.75) is 25.7 Å². The molecule has 0 bridgehead atoms. The lowest BCUT2D eigenvalue weighted by Crippen LogP contribution is -2.24. The number of amides is 1. The van der Waals surface area contributed by atoms with Gasteiger partial charge in [-0.3, -0.25) is 4.79 Å². The lowest BCUT2D eigenvalue weighted by molar-refractivity contribution is 0.0952. The van der Waals surface area contributed by atoms with Gasteiger partial charge in [0.15, 0.2) is 0 Å². The molecular formula is C12H16ClN3O. The molecule has 3 N–H and O–H groups in total. The van der Waals surface area contributed by atoms with E-state index in [-0.39, 0.29) is 16.9 Å². The van der Waals surface area contributed by atoms with E-state index in [4.69, 9.17) is 17.3 Å². The summed E-state index contributed by atoms with van der Waals surface area (Å²) >= 11 is 5.73. The summed E-state index contributed by atoms with van der Waals surface area (Å²) in [6.45, 7) is 0.704. The standard InChI is InChI=1S/C12H16ClN3O/c13-10-6-9(7-11(14)16-10)12(17)15-5-1-2-8-3-4-8/h6-8H,1-5H2,(H2,14,16)(H,15,17). The number of nitrogens with one attached hydrogen (secondary N) is 1. The van der Waals surface area contributed by atoms with Crippen molar-refractivity contribution in [3.05, 3.63) is 22.8 Å². The molecule has 17 heavy (non-hydrogen) atoms. The molecule has 0 atom stereocenters. The van der Waals surface area contributed by atoms with Crippen molar-refractivity contribution in [3.63, 3.8) is 0 Å². The number of carbonyl (C=O) groups excluding carboxylic acids is 1. The number of pyridine rings is 1. The van der Waals surface area contributed by atoms with E-state index in [1.165, 1.54) is 31.4 Å². The first-order valence-electron chi connectivity index (χ1n) is 5.86. The molecule has 4 nitrogen and oxygen atoms in total. The molecule has 5 heteroatoms. The van der Waals surface area contributed by atoms with Gasteiger partial charge < -0.3 is 11.1 Å². The fourth-order valence-electron chi connectivity index (χ4n) is 1.75. The van der Waals surface area contributed by atoms with Crippen LogP contribution in [0.2, 0.25) is 5.15 Å². The van der Waals surface area contributed by atoms with Gasteiger partial charge in [-0.15, -0.1) is 0 Å². The molecule has 0 spiro atoms. The lowest BCUT2D eigenvalue weighted by Gasteiger charge is -2.05. The number of hydrogen-bond acceptors (Lipinski definition) is 3. The van der Waals surface area contributed by atoms with Crippen LogP contribution in [0.5, 0.6) is 0 Å². The third-order valence-corrected chi connectivity index (χ3v) is 3.04. The summed E-state index contributed by atoms with van der Waals surface area (Å²) in [5.74, 6) is 1.02. The molecule has 0 saturated heterocycles. The number of nitrogens with two attached hydrogens (primary N) is 1. The van der Waals surface area contributed by atoms with Gasteiger partial charge in [-0.05, 0) is 30.9 Å². The molecule has 1 aromatic heterocycles. The zero-order valence-corrected chi connectivity index (χ0v) is 10.3. The SMILES string of the molecule is Nc1cc(C(=O)NCCCC2CC2)cc(Cl)n1. The Bertz CT molecular complexity index is 398. The van der Waals surface area contributed by atoms with Gasteiger partial charge in [-0.25, -0.2) is 4.98 Å². The molecular weight excluding hydrogens is 238 g/mol. The first kappa shape index (κ1) is 12.2. The number of halogens is 1. The highest BCUT2D eigenvalue weighted by Crippen LogP contribution is 2.33. The van der Waals surface area contributed by atoms with Gasteiger partial charge in [0.1, 0.15) is 11.0 Å². The molecule has 92 valence electrons. The maximum atomic E-state index is 11.8. The van der Waals surface area contributed by atoms with Crippen molar-refractivity contribution in [3.8, 4) is 0 Å². The van der Waals surface area contributed by atoms with Crippen LogP contribution in [0.25, 0.3) is 0 Å². The molecule has 1 aromatic rings. The Labute approximate surface area is 106 Å². The molecule has 1 aliphatic carbocycles. The fraction of sp³-hybridized carbons (Fsp3) is 0.500. The van der Waals surface area contributed by atoms with Crippen molar-refractivity contribution in [2.75, 3.05) is 12.3 Å². The van der Waals surface area contributed by atoms with Gasteiger partial charge in [0, 0.05) is 12.1 Å². The van der Waals surface area contributed by atoms with Gasteiger partial charge >= 0.3 is 0 Å². The quantitative estimate of drug-likeness (QED) is 0.625. The monoisotopic (exact) mass is 253 g/mol. The van der Waals surface area contributed by atoms with Crippen LogP contribution in [0.4, 0.5) is 5.82 Å². The van der Waals surface area contributed by atoms with Crippen LogP contribution in [0, 0.1) is 5.92 Å². The number of anilines is 1. The maximum Gasteiger partial charge on any atom is 0.251 e. The normalized spacial score (nSPS) is 14.6. The summed E-state index contributed by atoms with van der Waals surface area (Å²) in [6.07, 6.45) is 4.94. The minimum atomic E-state index is -0.142. The van der Waals surface area contributed by atoms with E-state index < -0.39 is 0 Å². The molecule has 1 saturated carbocycles.